The topological polar surface area (TPSA) is 86.6 Å². The summed E-state index contributed by atoms with van der Waals surface area (Å²) in [6.07, 6.45) is 1.47. The van der Waals surface area contributed by atoms with Crippen molar-refractivity contribution in [2.75, 3.05) is 19.5 Å². The highest BCUT2D eigenvalue weighted by Crippen LogP contribution is 2.40. The van der Waals surface area contributed by atoms with E-state index in [0.29, 0.717) is 18.0 Å². The highest BCUT2D eigenvalue weighted by atomic mass is 16.5. The molecular formula is C24H28N2O4. The normalized spacial score (nSPS) is 22.7. The van der Waals surface area contributed by atoms with Crippen LogP contribution in [0.3, 0.4) is 0 Å². The quantitative estimate of drug-likeness (QED) is 0.615. The number of ether oxygens (including phenoxy) is 3. The number of anilines is 1. The van der Waals surface area contributed by atoms with Crippen molar-refractivity contribution in [2.24, 2.45) is 0 Å². The lowest BCUT2D eigenvalue weighted by atomic mass is 9.83. The number of nitrogens with one attached hydrogen (secondary N) is 1. The number of aromatic nitrogens is 1. The third-order valence-corrected chi connectivity index (χ3v) is 5.90. The molecule has 3 unspecified atom stereocenters. The summed E-state index contributed by atoms with van der Waals surface area (Å²) in [6.45, 7) is 4.71. The average molecular weight is 408 g/mol. The Labute approximate surface area is 176 Å². The SMILES string of the molecule is COC1(c2cc(N)cc(OC(C)c3ccc4[nH]c(=O)ccc4c3)c2)CCOC(C)C1. The van der Waals surface area contributed by atoms with Gasteiger partial charge in [-0.15, -0.1) is 0 Å². The summed E-state index contributed by atoms with van der Waals surface area (Å²) in [6, 6.07) is 15.1. The largest absolute Gasteiger partial charge is 0.486 e. The van der Waals surface area contributed by atoms with Gasteiger partial charge in [-0.25, -0.2) is 0 Å². The van der Waals surface area contributed by atoms with E-state index in [1.54, 1.807) is 7.11 Å². The minimum atomic E-state index is -0.427. The Morgan fingerprint density at radius 3 is 2.80 bits per heavy atom. The van der Waals surface area contributed by atoms with Gasteiger partial charge in [0.05, 0.1) is 18.3 Å². The second kappa shape index (κ2) is 8.13. The van der Waals surface area contributed by atoms with Gasteiger partial charge in [0.15, 0.2) is 0 Å². The van der Waals surface area contributed by atoms with Crippen molar-refractivity contribution in [3.8, 4) is 5.75 Å². The molecule has 6 nitrogen and oxygen atoms in total. The molecule has 2 heterocycles. The zero-order chi connectivity index (χ0) is 21.3. The maximum absolute atomic E-state index is 11.5. The van der Waals surface area contributed by atoms with Crippen LogP contribution in [0.25, 0.3) is 10.9 Å². The highest BCUT2D eigenvalue weighted by Gasteiger charge is 2.38. The standard InChI is InChI=1S/C24H28N2O4/c1-15-14-24(28-3,8-9-29-15)19-11-20(25)13-21(12-19)30-16(2)17-4-6-22-18(10-17)5-7-23(27)26-22/h4-7,10-13,15-16H,8-9,14,25H2,1-3H3,(H,26,27). The number of hydrogen-bond donors (Lipinski definition) is 2. The summed E-state index contributed by atoms with van der Waals surface area (Å²) in [5.74, 6) is 0.703. The summed E-state index contributed by atoms with van der Waals surface area (Å²) < 4.78 is 18.0. The summed E-state index contributed by atoms with van der Waals surface area (Å²) in [7, 11) is 1.74. The predicted molar refractivity (Wildman–Crippen MR) is 118 cm³/mol. The van der Waals surface area contributed by atoms with Crippen LogP contribution in [0, 0.1) is 0 Å². The summed E-state index contributed by atoms with van der Waals surface area (Å²) in [4.78, 5) is 14.3. The lowest BCUT2D eigenvalue weighted by Gasteiger charge is -2.39. The second-order valence-electron chi connectivity index (χ2n) is 8.05. The molecule has 0 aliphatic carbocycles. The Bertz CT molecular complexity index is 1110. The summed E-state index contributed by atoms with van der Waals surface area (Å²) in [5, 5.41) is 0.963. The third-order valence-electron chi connectivity index (χ3n) is 5.90. The van der Waals surface area contributed by atoms with E-state index in [1.807, 2.05) is 49.4 Å². The Morgan fingerprint density at radius 1 is 1.20 bits per heavy atom. The number of benzene rings is 2. The number of nitrogens with two attached hydrogens (primary N) is 1. The summed E-state index contributed by atoms with van der Waals surface area (Å²) >= 11 is 0. The van der Waals surface area contributed by atoms with Crippen molar-refractivity contribution in [1.82, 2.24) is 4.98 Å². The van der Waals surface area contributed by atoms with E-state index in [9.17, 15) is 4.79 Å². The fourth-order valence-corrected chi connectivity index (χ4v) is 4.27. The van der Waals surface area contributed by atoms with Crippen molar-refractivity contribution in [1.29, 1.82) is 0 Å². The number of H-pyrrole nitrogens is 1. The average Bonchev–Trinajstić information content (AvgIpc) is 2.72. The molecular weight excluding hydrogens is 380 g/mol. The number of pyridine rings is 1. The van der Waals surface area contributed by atoms with E-state index in [0.717, 1.165) is 34.9 Å². The summed E-state index contributed by atoms with van der Waals surface area (Å²) in [5.41, 5.74) is 9.15. The van der Waals surface area contributed by atoms with Crippen molar-refractivity contribution in [2.45, 2.75) is 44.5 Å². The second-order valence-corrected chi connectivity index (χ2v) is 8.05. The molecule has 30 heavy (non-hydrogen) atoms. The Hall–Kier alpha value is -2.83. The fourth-order valence-electron chi connectivity index (χ4n) is 4.27. The molecule has 0 saturated carbocycles. The molecule has 0 spiro atoms. The van der Waals surface area contributed by atoms with Gasteiger partial charge in [-0.3, -0.25) is 4.79 Å². The van der Waals surface area contributed by atoms with Crippen LogP contribution in [0.4, 0.5) is 5.69 Å². The van der Waals surface area contributed by atoms with Gasteiger partial charge < -0.3 is 24.9 Å². The monoisotopic (exact) mass is 408 g/mol. The van der Waals surface area contributed by atoms with Gasteiger partial charge in [0, 0.05) is 43.3 Å². The molecule has 2 aromatic carbocycles. The van der Waals surface area contributed by atoms with E-state index in [1.165, 1.54) is 6.07 Å². The van der Waals surface area contributed by atoms with Gasteiger partial charge in [-0.1, -0.05) is 6.07 Å². The molecule has 3 N–H and O–H groups in total. The Kier molecular flexibility index (Phi) is 5.54. The predicted octanol–water partition coefficient (Wildman–Crippen LogP) is 4.29. The molecule has 1 saturated heterocycles. The van der Waals surface area contributed by atoms with Crippen LogP contribution in [0.15, 0.2) is 53.3 Å². The molecule has 3 aromatic rings. The van der Waals surface area contributed by atoms with E-state index in [2.05, 4.69) is 11.9 Å². The smallest absolute Gasteiger partial charge is 0.248 e. The fraction of sp³-hybridized carbons (Fsp3) is 0.375. The van der Waals surface area contributed by atoms with Crippen LogP contribution in [-0.4, -0.2) is 24.8 Å². The lowest BCUT2D eigenvalue weighted by Crippen LogP contribution is -2.39. The zero-order valence-electron chi connectivity index (χ0n) is 17.6. The number of fused-ring (bicyclic) bond motifs is 1. The first-order valence-corrected chi connectivity index (χ1v) is 10.3. The molecule has 6 heteroatoms. The maximum atomic E-state index is 11.5. The van der Waals surface area contributed by atoms with E-state index < -0.39 is 5.60 Å². The first-order valence-electron chi connectivity index (χ1n) is 10.3. The number of nitrogen functional groups attached to an aromatic ring is 1. The first-order chi connectivity index (χ1) is 14.4. The van der Waals surface area contributed by atoms with Crippen LogP contribution in [0.2, 0.25) is 0 Å². The van der Waals surface area contributed by atoms with E-state index in [4.69, 9.17) is 19.9 Å². The Balaban J connectivity index is 1.61. The van der Waals surface area contributed by atoms with Crippen LogP contribution < -0.4 is 16.0 Å². The number of rotatable bonds is 5. The van der Waals surface area contributed by atoms with E-state index in [-0.39, 0.29) is 17.8 Å². The number of hydrogen-bond acceptors (Lipinski definition) is 5. The van der Waals surface area contributed by atoms with Crippen molar-refractivity contribution >= 4 is 16.6 Å². The van der Waals surface area contributed by atoms with Gasteiger partial charge in [0.1, 0.15) is 11.9 Å². The number of aromatic amines is 1. The molecule has 4 rings (SSSR count). The zero-order valence-corrected chi connectivity index (χ0v) is 17.6. The molecule has 0 radical (unpaired) electrons. The van der Waals surface area contributed by atoms with Crippen molar-refractivity contribution < 1.29 is 14.2 Å². The van der Waals surface area contributed by atoms with Crippen LogP contribution in [0.1, 0.15) is 43.9 Å². The minimum Gasteiger partial charge on any atom is -0.486 e. The highest BCUT2D eigenvalue weighted by molar-refractivity contribution is 5.79. The van der Waals surface area contributed by atoms with E-state index >= 15 is 0 Å². The molecule has 1 aliphatic rings. The lowest BCUT2D eigenvalue weighted by molar-refractivity contribution is -0.122. The maximum Gasteiger partial charge on any atom is 0.248 e. The van der Waals surface area contributed by atoms with Gasteiger partial charge >= 0.3 is 0 Å². The van der Waals surface area contributed by atoms with Gasteiger partial charge in [0.25, 0.3) is 0 Å². The molecule has 3 atom stereocenters. The molecule has 1 aliphatic heterocycles. The van der Waals surface area contributed by atoms with Gasteiger partial charge in [0.2, 0.25) is 5.56 Å². The third kappa shape index (κ3) is 4.06. The molecule has 158 valence electrons. The van der Waals surface area contributed by atoms with Crippen LogP contribution in [0.5, 0.6) is 5.75 Å². The minimum absolute atomic E-state index is 0.110. The van der Waals surface area contributed by atoms with Crippen molar-refractivity contribution in [3.05, 3.63) is 70.0 Å². The number of methoxy groups -OCH3 is 1. The van der Waals surface area contributed by atoms with Crippen LogP contribution >= 0.6 is 0 Å². The Morgan fingerprint density at radius 2 is 2.03 bits per heavy atom. The first kappa shape index (κ1) is 20.4. The van der Waals surface area contributed by atoms with Gasteiger partial charge in [-0.2, -0.15) is 0 Å². The van der Waals surface area contributed by atoms with Crippen molar-refractivity contribution in [3.63, 3.8) is 0 Å². The molecule has 1 fully saturated rings. The van der Waals surface area contributed by atoms with Gasteiger partial charge in [-0.05, 0) is 60.7 Å². The molecule has 1 aromatic heterocycles. The molecule has 0 amide bonds. The van der Waals surface area contributed by atoms with Crippen LogP contribution in [-0.2, 0) is 15.1 Å². The molecule has 0 bridgehead atoms.